The zero-order valence-electron chi connectivity index (χ0n) is 15.2. The van der Waals surface area contributed by atoms with E-state index in [1.165, 1.54) is 0 Å². The summed E-state index contributed by atoms with van der Waals surface area (Å²) in [6.45, 7) is 1.94. The van der Waals surface area contributed by atoms with Gasteiger partial charge in [-0.3, -0.25) is 14.4 Å². The lowest BCUT2D eigenvalue weighted by atomic mass is 9.98. The molecule has 1 atom stereocenters. The molecule has 1 N–H and O–H groups in total. The summed E-state index contributed by atoms with van der Waals surface area (Å²) < 4.78 is 7.17. The number of aromatic nitrogens is 4. The molecule has 2 aromatic heterocycles. The van der Waals surface area contributed by atoms with Crippen molar-refractivity contribution >= 4 is 11.7 Å². The van der Waals surface area contributed by atoms with Gasteiger partial charge in [0.2, 0.25) is 17.6 Å². The molecule has 1 aliphatic rings. The average Bonchev–Trinajstić information content (AvgIpc) is 3.32. The lowest BCUT2D eigenvalue weighted by Gasteiger charge is -2.30. The van der Waals surface area contributed by atoms with Crippen molar-refractivity contribution in [1.82, 2.24) is 24.8 Å². The van der Waals surface area contributed by atoms with Crippen molar-refractivity contribution in [2.45, 2.75) is 18.8 Å². The Hall–Kier alpha value is -3.00. The topological polar surface area (TPSA) is 89.1 Å². The Kier molecular flexibility index (Phi) is 4.97. The van der Waals surface area contributed by atoms with Gasteiger partial charge in [-0.1, -0.05) is 35.5 Å². The van der Waals surface area contributed by atoms with Crippen molar-refractivity contribution in [3.05, 3.63) is 48.5 Å². The molecule has 0 aliphatic carbocycles. The third-order valence-corrected chi connectivity index (χ3v) is 4.68. The number of benzene rings is 1. The van der Waals surface area contributed by atoms with E-state index in [4.69, 9.17) is 4.52 Å². The van der Waals surface area contributed by atoms with Gasteiger partial charge in [0.15, 0.2) is 5.82 Å². The molecule has 1 amide bonds. The number of aryl methyl sites for hydroxylation is 1. The molecule has 0 radical (unpaired) electrons. The van der Waals surface area contributed by atoms with Gasteiger partial charge < -0.3 is 9.84 Å². The second-order valence-corrected chi connectivity index (χ2v) is 6.82. The fourth-order valence-corrected chi connectivity index (χ4v) is 3.37. The molecule has 0 bridgehead atoms. The fourth-order valence-electron chi connectivity index (χ4n) is 3.37. The Balaban J connectivity index is 1.37. The van der Waals surface area contributed by atoms with Gasteiger partial charge in [0.25, 0.3) is 0 Å². The Morgan fingerprint density at radius 2 is 2.15 bits per heavy atom. The van der Waals surface area contributed by atoms with Gasteiger partial charge in [0.1, 0.15) is 0 Å². The summed E-state index contributed by atoms with van der Waals surface area (Å²) in [7, 11) is 1.82. The predicted molar refractivity (Wildman–Crippen MR) is 100.0 cm³/mol. The first kappa shape index (κ1) is 17.4. The van der Waals surface area contributed by atoms with E-state index in [0.717, 1.165) is 31.5 Å². The quantitative estimate of drug-likeness (QED) is 0.745. The van der Waals surface area contributed by atoms with Gasteiger partial charge in [-0.25, -0.2) is 0 Å². The van der Waals surface area contributed by atoms with Crippen LogP contribution in [0.15, 0.2) is 47.1 Å². The third-order valence-electron chi connectivity index (χ3n) is 4.68. The summed E-state index contributed by atoms with van der Waals surface area (Å²) >= 11 is 0. The van der Waals surface area contributed by atoms with Crippen LogP contribution in [-0.4, -0.2) is 50.4 Å². The van der Waals surface area contributed by atoms with Crippen LogP contribution in [0.2, 0.25) is 0 Å². The number of carbonyl (C=O) groups excluding carboxylic acids is 1. The number of nitrogens with zero attached hydrogens (tertiary/aromatic N) is 5. The fraction of sp³-hybridized carbons (Fsp3) is 0.368. The number of likely N-dealkylation sites (tertiary alicyclic amines) is 1. The normalized spacial score (nSPS) is 17.7. The average molecular weight is 366 g/mol. The Labute approximate surface area is 157 Å². The zero-order valence-corrected chi connectivity index (χ0v) is 15.2. The van der Waals surface area contributed by atoms with Crippen LogP contribution in [0.5, 0.6) is 0 Å². The van der Waals surface area contributed by atoms with Crippen molar-refractivity contribution in [2.75, 3.05) is 25.0 Å². The molecule has 1 aromatic carbocycles. The van der Waals surface area contributed by atoms with Gasteiger partial charge in [0.05, 0.1) is 12.5 Å². The highest BCUT2D eigenvalue weighted by Gasteiger charge is 2.27. The summed E-state index contributed by atoms with van der Waals surface area (Å²) in [6.07, 6.45) is 3.77. The first-order valence-corrected chi connectivity index (χ1v) is 9.08. The minimum Gasteiger partial charge on any atom is -0.339 e. The minimum atomic E-state index is -0.0650. The SMILES string of the molecule is Cn1ccc(NC(=O)CN2CCC[C@@H](c3nc(-c4ccccc4)no3)C2)n1. The van der Waals surface area contributed by atoms with E-state index < -0.39 is 0 Å². The maximum atomic E-state index is 12.3. The highest BCUT2D eigenvalue weighted by atomic mass is 16.5. The molecular weight excluding hydrogens is 344 g/mol. The number of anilines is 1. The molecule has 27 heavy (non-hydrogen) atoms. The van der Waals surface area contributed by atoms with Gasteiger partial charge >= 0.3 is 0 Å². The molecule has 0 unspecified atom stereocenters. The van der Waals surface area contributed by atoms with Gasteiger partial charge in [-0.05, 0) is 19.4 Å². The van der Waals surface area contributed by atoms with Crippen LogP contribution in [0.3, 0.4) is 0 Å². The molecule has 140 valence electrons. The number of hydrogen-bond donors (Lipinski definition) is 1. The molecular formula is C19H22N6O2. The van der Waals surface area contributed by atoms with Crippen LogP contribution in [0.4, 0.5) is 5.82 Å². The van der Waals surface area contributed by atoms with Crippen LogP contribution in [0, 0.1) is 0 Å². The molecule has 0 spiro atoms. The number of nitrogens with one attached hydrogen (secondary N) is 1. The van der Waals surface area contributed by atoms with Crippen molar-refractivity contribution in [1.29, 1.82) is 0 Å². The molecule has 8 nitrogen and oxygen atoms in total. The maximum Gasteiger partial charge on any atom is 0.239 e. The van der Waals surface area contributed by atoms with Gasteiger partial charge in [-0.15, -0.1) is 0 Å². The smallest absolute Gasteiger partial charge is 0.239 e. The highest BCUT2D eigenvalue weighted by Crippen LogP contribution is 2.27. The van der Waals surface area contributed by atoms with Crippen molar-refractivity contribution < 1.29 is 9.32 Å². The summed E-state index contributed by atoms with van der Waals surface area (Å²) in [5.74, 6) is 1.90. The van der Waals surface area contributed by atoms with Crippen LogP contribution >= 0.6 is 0 Å². The van der Waals surface area contributed by atoms with Crippen LogP contribution in [-0.2, 0) is 11.8 Å². The molecule has 3 aromatic rings. The largest absolute Gasteiger partial charge is 0.339 e. The number of rotatable bonds is 5. The highest BCUT2D eigenvalue weighted by molar-refractivity contribution is 5.91. The van der Waals surface area contributed by atoms with Crippen molar-refractivity contribution in [3.8, 4) is 11.4 Å². The Bertz CT molecular complexity index is 904. The van der Waals surface area contributed by atoms with E-state index in [9.17, 15) is 4.79 Å². The van der Waals surface area contributed by atoms with E-state index in [2.05, 4.69) is 25.5 Å². The predicted octanol–water partition coefficient (Wildman–Crippen LogP) is 2.29. The summed E-state index contributed by atoms with van der Waals surface area (Å²) in [6, 6.07) is 11.6. The molecule has 1 saturated heterocycles. The second kappa shape index (κ2) is 7.71. The maximum absolute atomic E-state index is 12.3. The van der Waals surface area contributed by atoms with Crippen molar-refractivity contribution in [3.63, 3.8) is 0 Å². The van der Waals surface area contributed by atoms with E-state index >= 15 is 0 Å². The number of hydrogen-bond acceptors (Lipinski definition) is 6. The van der Waals surface area contributed by atoms with Crippen molar-refractivity contribution in [2.24, 2.45) is 7.05 Å². The number of piperidine rings is 1. The number of amides is 1. The Morgan fingerprint density at radius 3 is 2.93 bits per heavy atom. The first-order valence-electron chi connectivity index (χ1n) is 9.08. The molecule has 1 aliphatic heterocycles. The Morgan fingerprint density at radius 1 is 1.30 bits per heavy atom. The van der Waals surface area contributed by atoms with Crippen LogP contribution < -0.4 is 5.32 Å². The standard InChI is InChI=1S/C19H22N6O2/c1-24-11-9-16(22-24)20-17(26)13-25-10-5-8-15(12-25)19-21-18(23-27-19)14-6-3-2-4-7-14/h2-4,6-7,9,11,15H,5,8,10,12-13H2,1H3,(H,20,22,26)/t15-/m1/s1. The van der Waals surface area contributed by atoms with Gasteiger partial charge in [-0.2, -0.15) is 10.1 Å². The lowest BCUT2D eigenvalue weighted by molar-refractivity contribution is -0.117. The van der Waals surface area contributed by atoms with E-state index in [-0.39, 0.29) is 11.8 Å². The second-order valence-electron chi connectivity index (χ2n) is 6.82. The first-order chi connectivity index (χ1) is 13.2. The zero-order chi connectivity index (χ0) is 18.6. The molecule has 1 fully saturated rings. The molecule has 4 rings (SSSR count). The molecule has 0 saturated carbocycles. The van der Waals surface area contributed by atoms with Gasteiger partial charge in [0, 0.05) is 31.4 Å². The third kappa shape index (κ3) is 4.22. The molecule has 8 heteroatoms. The van der Waals surface area contributed by atoms with Crippen LogP contribution in [0.1, 0.15) is 24.7 Å². The summed E-state index contributed by atoms with van der Waals surface area (Å²) in [5.41, 5.74) is 0.940. The summed E-state index contributed by atoms with van der Waals surface area (Å²) in [4.78, 5) is 19.0. The lowest BCUT2D eigenvalue weighted by Crippen LogP contribution is -2.39. The van der Waals surface area contributed by atoms with E-state index in [1.807, 2.05) is 37.4 Å². The molecule has 3 heterocycles. The minimum absolute atomic E-state index is 0.0650. The van der Waals surface area contributed by atoms with E-state index in [1.54, 1.807) is 16.9 Å². The van der Waals surface area contributed by atoms with E-state index in [0.29, 0.717) is 24.1 Å². The monoisotopic (exact) mass is 366 g/mol. The summed E-state index contributed by atoms with van der Waals surface area (Å²) in [5, 5.41) is 11.1. The van der Waals surface area contributed by atoms with Crippen LogP contribution in [0.25, 0.3) is 11.4 Å². The number of carbonyl (C=O) groups is 1.